The summed E-state index contributed by atoms with van der Waals surface area (Å²) >= 11 is 0. The van der Waals surface area contributed by atoms with E-state index in [2.05, 4.69) is 25.7 Å². The summed E-state index contributed by atoms with van der Waals surface area (Å²) < 4.78 is 0. The summed E-state index contributed by atoms with van der Waals surface area (Å²) in [7, 11) is 0. The molecule has 2 N–H and O–H groups in total. The van der Waals surface area contributed by atoms with Crippen molar-refractivity contribution in [3.8, 4) is 0 Å². The monoisotopic (exact) mass is 254 g/mol. The van der Waals surface area contributed by atoms with Crippen LogP contribution in [0.25, 0.3) is 0 Å². The van der Waals surface area contributed by atoms with E-state index in [-0.39, 0.29) is 0 Å². The second-order valence-electron chi connectivity index (χ2n) is 6.45. The molecule has 1 saturated heterocycles. The molecular weight excluding hydrogens is 220 g/mol. The number of hydrogen-bond acceptors (Lipinski definition) is 2. The highest BCUT2D eigenvalue weighted by Gasteiger charge is 2.22. The van der Waals surface area contributed by atoms with Crippen LogP contribution in [0.3, 0.4) is 0 Å². The zero-order chi connectivity index (χ0) is 13.4. The third-order valence-corrected chi connectivity index (χ3v) is 4.27. The van der Waals surface area contributed by atoms with Crippen LogP contribution >= 0.6 is 0 Å². The minimum atomic E-state index is 0.375. The van der Waals surface area contributed by atoms with Crippen LogP contribution in [0.2, 0.25) is 0 Å². The Morgan fingerprint density at radius 2 is 2.00 bits per heavy atom. The molecule has 2 heteroatoms. The number of nitrogens with zero attached hydrogens (tertiary/aromatic N) is 1. The van der Waals surface area contributed by atoms with Gasteiger partial charge in [-0.2, -0.15) is 0 Å². The van der Waals surface area contributed by atoms with Gasteiger partial charge in [-0.3, -0.25) is 0 Å². The Balaban J connectivity index is 2.25. The number of hydrogen-bond donors (Lipinski definition) is 1. The van der Waals surface area contributed by atoms with Crippen LogP contribution in [0.1, 0.15) is 72.1 Å². The first-order valence-corrected chi connectivity index (χ1v) is 8.13. The molecular formula is C16H34N2. The first kappa shape index (κ1) is 16.0. The highest BCUT2D eigenvalue weighted by Crippen LogP contribution is 2.23. The third-order valence-electron chi connectivity index (χ3n) is 4.27. The van der Waals surface area contributed by atoms with E-state index in [1.165, 1.54) is 64.5 Å². The van der Waals surface area contributed by atoms with Crippen molar-refractivity contribution < 1.29 is 0 Å². The quantitative estimate of drug-likeness (QED) is 0.714. The lowest BCUT2D eigenvalue weighted by atomic mass is 9.95. The van der Waals surface area contributed by atoms with Crippen molar-refractivity contribution in [3.05, 3.63) is 0 Å². The maximum absolute atomic E-state index is 5.81. The van der Waals surface area contributed by atoms with E-state index in [0.717, 1.165) is 12.0 Å². The van der Waals surface area contributed by atoms with Gasteiger partial charge in [0.25, 0.3) is 0 Å². The van der Waals surface area contributed by atoms with Gasteiger partial charge in [-0.1, -0.05) is 33.1 Å². The van der Waals surface area contributed by atoms with E-state index in [1.54, 1.807) is 0 Å². The van der Waals surface area contributed by atoms with E-state index >= 15 is 0 Å². The SMILES string of the molecule is CCCC1CCCCN1CC(C)CCCC(C)N. The van der Waals surface area contributed by atoms with Crippen molar-refractivity contribution >= 4 is 0 Å². The van der Waals surface area contributed by atoms with Crippen LogP contribution < -0.4 is 5.73 Å². The van der Waals surface area contributed by atoms with Gasteiger partial charge >= 0.3 is 0 Å². The van der Waals surface area contributed by atoms with E-state index < -0.39 is 0 Å². The Morgan fingerprint density at radius 3 is 2.67 bits per heavy atom. The maximum Gasteiger partial charge on any atom is 0.00952 e. The van der Waals surface area contributed by atoms with Crippen molar-refractivity contribution in [2.75, 3.05) is 13.1 Å². The number of likely N-dealkylation sites (tertiary alicyclic amines) is 1. The van der Waals surface area contributed by atoms with Crippen LogP contribution in [-0.4, -0.2) is 30.1 Å². The number of rotatable bonds is 8. The predicted molar refractivity (Wildman–Crippen MR) is 80.8 cm³/mol. The summed E-state index contributed by atoms with van der Waals surface area (Å²) in [5.41, 5.74) is 5.81. The van der Waals surface area contributed by atoms with Gasteiger partial charge in [0.1, 0.15) is 0 Å². The molecule has 0 radical (unpaired) electrons. The Kier molecular flexibility index (Phi) is 7.92. The summed E-state index contributed by atoms with van der Waals surface area (Å²) in [5, 5.41) is 0. The molecule has 0 aromatic carbocycles. The molecule has 0 aromatic heterocycles. The molecule has 3 unspecified atom stereocenters. The molecule has 108 valence electrons. The minimum Gasteiger partial charge on any atom is -0.328 e. The second kappa shape index (κ2) is 8.92. The van der Waals surface area contributed by atoms with Gasteiger partial charge in [0, 0.05) is 18.6 Å². The average Bonchev–Trinajstić information content (AvgIpc) is 2.31. The van der Waals surface area contributed by atoms with E-state index in [1.807, 2.05) is 0 Å². The van der Waals surface area contributed by atoms with Gasteiger partial charge in [-0.25, -0.2) is 0 Å². The predicted octanol–water partition coefficient (Wildman–Crippen LogP) is 3.79. The lowest BCUT2D eigenvalue weighted by Crippen LogP contribution is -2.41. The Labute approximate surface area is 114 Å². The van der Waals surface area contributed by atoms with E-state index in [0.29, 0.717) is 6.04 Å². The lowest BCUT2D eigenvalue weighted by molar-refractivity contribution is 0.118. The molecule has 0 bridgehead atoms. The largest absolute Gasteiger partial charge is 0.328 e. The fourth-order valence-corrected chi connectivity index (χ4v) is 3.24. The van der Waals surface area contributed by atoms with Crippen molar-refractivity contribution in [2.45, 2.75) is 84.2 Å². The minimum absolute atomic E-state index is 0.375. The van der Waals surface area contributed by atoms with Crippen molar-refractivity contribution in [1.82, 2.24) is 4.90 Å². The normalized spacial score (nSPS) is 25.0. The van der Waals surface area contributed by atoms with Crippen LogP contribution in [0, 0.1) is 5.92 Å². The Bertz CT molecular complexity index is 201. The lowest BCUT2D eigenvalue weighted by Gasteiger charge is -2.37. The van der Waals surface area contributed by atoms with Gasteiger partial charge in [-0.15, -0.1) is 0 Å². The molecule has 0 amide bonds. The molecule has 3 atom stereocenters. The van der Waals surface area contributed by atoms with Gasteiger partial charge in [0.05, 0.1) is 0 Å². The molecule has 1 rings (SSSR count). The summed E-state index contributed by atoms with van der Waals surface area (Å²) in [5.74, 6) is 0.834. The summed E-state index contributed by atoms with van der Waals surface area (Å²) in [6.07, 6.45) is 10.8. The van der Waals surface area contributed by atoms with Crippen molar-refractivity contribution in [3.63, 3.8) is 0 Å². The molecule has 0 aliphatic carbocycles. The fourth-order valence-electron chi connectivity index (χ4n) is 3.24. The topological polar surface area (TPSA) is 29.3 Å². The molecule has 0 saturated carbocycles. The molecule has 1 fully saturated rings. The zero-order valence-electron chi connectivity index (χ0n) is 12.8. The van der Waals surface area contributed by atoms with Gasteiger partial charge in [0.2, 0.25) is 0 Å². The van der Waals surface area contributed by atoms with Crippen LogP contribution in [0.15, 0.2) is 0 Å². The highest BCUT2D eigenvalue weighted by atomic mass is 15.2. The fraction of sp³-hybridized carbons (Fsp3) is 1.00. The molecule has 0 aromatic rings. The number of nitrogens with two attached hydrogens (primary N) is 1. The standard InChI is InChI=1S/C16H34N2/c1-4-8-16-11-5-6-12-18(16)13-14(2)9-7-10-15(3)17/h14-16H,4-13,17H2,1-3H3. The summed E-state index contributed by atoms with van der Waals surface area (Å²) in [4.78, 5) is 2.77. The molecule has 1 heterocycles. The van der Waals surface area contributed by atoms with E-state index in [9.17, 15) is 0 Å². The van der Waals surface area contributed by atoms with Crippen LogP contribution in [0.5, 0.6) is 0 Å². The van der Waals surface area contributed by atoms with E-state index in [4.69, 9.17) is 5.73 Å². The van der Waals surface area contributed by atoms with Crippen LogP contribution in [0.4, 0.5) is 0 Å². The first-order chi connectivity index (χ1) is 8.63. The van der Waals surface area contributed by atoms with Gasteiger partial charge < -0.3 is 10.6 Å². The van der Waals surface area contributed by atoms with Crippen molar-refractivity contribution in [1.29, 1.82) is 0 Å². The van der Waals surface area contributed by atoms with Crippen molar-refractivity contribution in [2.24, 2.45) is 11.7 Å². The third kappa shape index (κ3) is 6.19. The average molecular weight is 254 g/mol. The summed E-state index contributed by atoms with van der Waals surface area (Å²) in [6.45, 7) is 9.50. The maximum atomic E-state index is 5.81. The molecule has 1 aliphatic heterocycles. The summed E-state index contributed by atoms with van der Waals surface area (Å²) in [6, 6.07) is 1.25. The number of piperidine rings is 1. The van der Waals surface area contributed by atoms with Crippen LogP contribution in [-0.2, 0) is 0 Å². The molecule has 1 aliphatic rings. The molecule has 18 heavy (non-hydrogen) atoms. The van der Waals surface area contributed by atoms with Gasteiger partial charge in [0.15, 0.2) is 0 Å². The zero-order valence-corrected chi connectivity index (χ0v) is 12.8. The highest BCUT2D eigenvalue weighted by molar-refractivity contribution is 4.78. The smallest absolute Gasteiger partial charge is 0.00952 e. The molecule has 0 spiro atoms. The molecule has 2 nitrogen and oxygen atoms in total. The Hall–Kier alpha value is -0.0800. The first-order valence-electron chi connectivity index (χ1n) is 8.13. The Morgan fingerprint density at radius 1 is 1.22 bits per heavy atom. The second-order valence-corrected chi connectivity index (χ2v) is 6.45. The van der Waals surface area contributed by atoms with Gasteiger partial charge in [-0.05, 0) is 51.5 Å².